The lowest BCUT2D eigenvalue weighted by Crippen LogP contribution is -2.52. The first-order valence-electron chi connectivity index (χ1n) is 6.66. The summed E-state index contributed by atoms with van der Waals surface area (Å²) < 4.78 is 0. The van der Waals surface area contributed by atoms with Crippen LogP contribution >= 0.6 is 24.2 Å². The van der Waals surface area contributed by atoms with E-state index in [2.05, 4.69) is 17.4 Å². The zero-order chi connectivity index (χ0) is 14.1. The van der Waals surface area contributed by atoms with Crippen molar-refractivity contribution in [2.45, 2.75) is 31.7 Å². The molecule has 0 unspecified atom stereocenters. The van der Waals surface area contributed by atoms with Crippen LogP contribution in [0.25, 0.3) is 0 Å². The molecule has 0 saturated heterocycles. The lowest BCUT2D eigenvalue weighted by Gasteiger charge is -2.23. The summed E-state index contributed by atoms with van der Waals surface area (Å²) in [6, 6.07) is 10.3. The minimum atomic E-state index is -0.754. The van der Waals surface area contributed by atoms with Gasteiger partial charge in [-0.3, -0.25) is 4.79 Å². The molecule has 1 atom stereocenters. The van der Waals surface area contributed by atoms with Gasteiger partial charge in [-0.05, 0) is 43.8 Å². The maximum atomic E-state index is 11.9. The van der Waals surface area contributed by atoms with Gasteiger partial charge in [-0.2, -0.15) is 11.8 Å². The van der Waals surface area contributed by atoms with Crippen molar-refractivity contribution < 1.29 is 4.79 Å². The number of rotatable bonds is 8. The maximum Gasteiger partial charge on any atom is 0.239 e. The largest absolute Gasteiger partial charge is 0.355 e. The fourth-order valence-electron chi connectivity index (χ4n) is 1.77. The molecule has 0 aromatic heterocycles. The second-order valence-electron chi connectivity index (χ2n) is 5.01. The van der Waals surface area contributed by atoms with Gasteiger partial charge >= 0.3 is 0 Å². The molecular weight excluding hydrogens is 292 g/mol. The molecule has 1 aromatic carbocycles. The van der Waals surface area contributed by atoms with Gasteiger partial charge in [0.1, 0.15) is 0 Å². The van der Waals surface area contributed by atoms with Crippen LogP contribution in [0.1, 0.15) is 25.3 Å². The molecule has 0 aliphatic rings. The summed E-state index contributed by atoms with van der Waals surface area (Å²) in [6.07, 6.45) is 4.65. The minimum Gasteiger partial charge on any atom is -0.355 e. The number of amides is 1. The standard InChI is InChI=1S/C15H24N2OS.ClH/c1-15(16,10-12-19-2)14(18)17-11-6-9-13-7-4-3-5-8-13;/h3-5,7-8H,6,9-12,16H2,1-2H3,(H,17,18);1H/t15-;/m1./s1. The topological polar surface area (TPSA) is 55.1 Å². The van der Waals surface area contributed by atoms with Crippen LogP contribution in [0, 0.1) is 0 Å². The number of carbonyl (C=O) groups is 1. The van der Waals surface area contributed by atoms with Crippen molar-refractivity contribution in [2.24, 2.45) is 5.73 Å². The minimum absolute atomic E-state index is 0. The maximum absolute atomic E-state index is 11.9. The summed E-state index contributed by atoms with van der Waals surface area (Å²) in [5.41, 5.74) is 6.56. The number of nitrogens with one attached hydrogen (secondary N) is 1. The zero-order valence-electron chi connectivity index (χ0n) is 12.2. The highest BCUT2D eigenvalue weighted by atomic mass is 35.5. The number of hydrogen-bond donors (Lipinski definition) is 2. The van der Waals surface area contributed by atoms with Crippen molar-refractivity contribution >= 4 is 30.1 Å². The van der Waals surface area contributed by atoms with Gasteiger partial charge in [0.05, 0.1) is 5.54 Å². The fourth-order valence-corrected chi connectivity index (χ4v) is 2.40. The van der Waals surface area contributed by atoms with E-state index < -0.39 is 5.54 Å². The van der Waals surface area contributed by atoms with Gasteiger partial charge < -0.3 is 11.1 Å². The van der Waals surface area contributed by atoms with Gasteiger partial charge in [-0.25, -0.2) is 0 Å². The Bertz CT molecular complexity index is 385. The number of aryl methyl sites for hydroxylation is 1. The third-order valence-electron chi connectivity index (χ3n) is 3.11. The molecule has 5 heteroatoms. The van der Waals surface area contributed by atoms with Crippen LogP contribution in [-0.2, 0) is 11.2 Å². The van der Waals surface area contributed by atoms with Gasteiger partial charge in [0.25, 0.3) is 0 Å². The highest BCUT2D eigenvalue weighted by Gasteiger charge is 2.26. The van der Waals surface area contributed by atoms with Gasteiger partial charge in [0, 0.05) is 6.54 Å². The number of nitrogens with two attached hydrogens (primary N) is 1. The molecule has 3 N–H and O–H groups in total. The van der Waals surface area contributed by atoms with Gasteiger partial charge in [0.15, 0.2) is 0 Å². The molecule has 0 heterocycles. The molecular formula is C15H25ClN2OS. The van der Waals surface area contributed by atoms with Crippen molar-refractivity contribution in [3.8, 4) is 0 Å². The Balaban J connectivity index is 0.00000361. The molecule has 0 spiro atoms. The first-order valence-corrected chi connectivity index (χ1v) is 8.05. The summed E-state index contributed by atoms with van der Waals surface area (Å²) in [4.78, 5) is 11.9. The summed E-state index contributed by atoms with van der Waals surface area (Å²) in [6.45, 7) is 2.48. The van der Waals surface area contributed by atoms with Crippen LogP contribution in [-0.4, -0.2) is 30.0 Å². The molecule has 0 saturated carbocycles. The lowest BCUT2D eigenvalue weighted by molar-refractivity contribution is -0.125. The number of carbonyl (C=O) groups excluding carboxylic acids is 1. The van der Waals surface area contributed by atoms with Gasteiger partial charge in [-0.15, -0.1) is 12.4 Å². The molecule has 3 nitrogen and oxygen atoms in total. The number of halogens is 1. The van der Waals surface area contributed by atoms with E-state index in [1.54, 1.807) is 18.7 Å². The van der Waals surface area contributed by atoms with Crippen LogP contribution in [0.4, 0.5) is 0 Å². The molecule has 0 bridgehead atoms. The second kappa shape index (κ2) is 10.1. The molecule has 0 aliphatic carbocycles. The van der Waals surface area contributed by atoms with E-state index in [1.165, 1.54) is 5.56 Å². The predicted octanol–water partition coefficient (Wildman–Crippen LogP) is 2.63. The molecule has 1 rings (SSSR count). The van der Waals surface area contributed by atoms with Crippen LogP contribution in [0.5, 0.6) is 0 Å². The monoisotopic (exact) mass is 316 g/mol. The van der Waals surface area contributed by atoms with E-state index >= 15 is 0 Å². The Hall–Kier alpha value is -0.710. The molecule has 1 aromatic rings. The Morgan fingerprint density at radius 2 is 2.00 bits per heavy atom. The molecule has 20 heavy (non-hydrogen) atoms. The molecule has 1 amide bonds. The van der Waals surface area contributed by atoms with E-state index in [9.17, 15) is 4.79 Å². The Morgan fingerprint density at radius 3 is 2.60 bits per heavy atom. The Labute approximate surface area is 132 Å². The van der Waals surface area contributed by atoms with Gasteiger partial charge in [0.2, 0.25) is 5.91 Å². The van der Waals surface area contributed by atoms with Crippen molar-refractivity contribution in [3.63, 3.8) is 0 Å². The van der Waals surface area contributed by atoms with Crippen molar-refractivity contribution in [2.75, 3.05) is 18.6 Å². The predicted molar refractivity (Wildman–Crippen MR) is 90.6 cm³/mol. The summed E-state index contributed by atoms with van der Waals surface area (Å²) in [5, 5.41) is 2.93. The first kappa shape index (κ1) is 19.3. The van der Waals surface area contributed by atoms with E-state index in [1.807, 2.05) is 24.5 Å². The molecule has 0 aliphatic heterocycles. The Morgan fingerprint density at radius 1 is 1.35 bits per heavy atom. The van der Waals surface area contributed by atoms with E-state index in [-0.39, 0.29) is 18.3 Å². The number of thioether (sulfide) groups is 1. The molecule has 114 valence electrons. The zero-order valence-corrected chi connectivity index (χ0v) is 13.9. The second-order valence-corrected chi connectivity index (χ2v) is 5.99. The fraction of sp³-hybridized carbons (Fsp3) is 0.533. The van der Waals surface area contributed by atoms with Crippen molar-refractivity contribution in [3.05, 3.63) is 35.9 Å². The van der Waals surface area contributed by atoms with E-state index in [4.69, 9.17) is 5.73 Å². The average Bonchev–Trinajstić information content (AvgIpc) is 2.42. The lowest BCUT2D eigenvalue weighted by atomic mass is 9.99. The van der Waals surface area contributed by atoms with E-state index in [0.29, 0.717) is 13.0 Å². The quantitative estimate of drug-likeness (QED) is 0.725. The van der Waals surface area contributed by atoms with E-state index in [0.717, 1.165) is 18.6 Å². The van der Waals surface area contributed by atoms with Crippen LogP contribution in [0.3, 0.4) is 0 Å². The van der Waals surface area contributed by atoms with Crippen LogP contribution in [0.2, 0.25) is 0 Å². The molecule has 0 radical (unpaired) electrons. The highest BCUT2D eigenvalue weighted by molar-refractivity contribution is 7.98. The smallest absolute Gasteiger partial charge is 0.239 e. The van der Waals surface area contributed by atoms with Crippen molar-refractivity contribution in [1.29, 1.82) is 0 Å². The summed E-state index contributed by atoms with van der Waals surface area (Å²) in [7, 11) is 0. The average molecular weight is 317 g/mol. The Kier molecular flexibility index (Phi) is 9.72. The highest BCUT2D eigenvalue weighted by Crippen LogP contribution is 2.10. The third-order valence-corrected chi connectivity index (χ3v) is 3.73. The van der Waals surface area contributed by atoms with Crippen LogP contribution in [0.15, 0.2) is 30.3 Å². The summed E-state index contributed by atoms with van der Waals surface area (Å²) in [5.74, 6) is 0.861. The normalized spacial score (nSPS) is 13.2. The summed E-state index contributed by atoms with van der Waals surface area (Å²) >= 11 is 1.71. The number of hydrogen-bond acceptors (Lipinski definition) is 3. The number of benzene rings is 1. The SMILES string of the molecule is CSCC[C@@](C)(N)C(=O)NCCCc1ccccc1.Cl. The first-order chi connectivity index (χ1) is 9.06. The van der Waals surface area contributed by atoms with Crippen molar-refractivity contribution in [1.82, 2.24) is 5.32 Å². The third kappa shape index (κ3) is 7.17. The van der Waals surface area contributed by atoms with Crippen LogP contribution < -0.4 is 11.1 Å². The molecule has 0 fully saturated rings. The van der Waals surface area contributed by atoms with Gasteiger partial charge in [-0.1, -0.05) is 30.3 Å².